The fraction of sp³-hybridized carbons (Fsp3) is 0.355. The van der Waals surface area contributed by atoms with Crippen molar-refractivity contribution in [3.8, 4) is 0 Å². The molecule has 0 fully saturated rings. The Balaban J connectivity index is 1.70. The lowest BCUT2D eigenvalue weighted by molar-refractivity contribution is -0.136. The van der Waals surface area contributed by atoms with Crippen LogP contribution < -0.4 is 21.1 Å². The van der Waals surface area contributed by atoms with E-state index in [1.807, 2.05) is 0 Å². The molecule has 0 saturated carbocycles. The number of hydrogen-bond acceptors (Lipinski definition) is 7. The molecule has 0 bridgehead atoms. The lowest BCUT2D eigenvalue weighted by atomic mass is 10.1. The van der Waals surface area contributed by atoms with Crippen LogP contribution in [0.25, 0.3) is 0 Å². The van der Waals surface area contributed by atoms with Gasteiger partial charge in [-0.05, 0) is 68.7 Å². The molecule has 13 heteroatoms. The van der Waals surface area contributed by atoms with Crippen LogP contribution in [-0.2, 0) is 45.2 Å². The second-order valence-corrected chi connectivity index (χ2v) is 11.5. The van der Waals surface area contributed by atoms with Gasteiger partial charge in [0.05, 0.1) is 19.0 Å². The van der Waals surface area contributed by atoms with E-state index in [0.29, 0.717) is 27.4 Å². The Kier molecular flexibility index (Phi) is 11.6. The maximum atomic E-state index is 13.3. The molecule has 0 aliphatic carbocycles. The van der Waals surface area contributed by atoms with Crippen molar-refractivity contribution in [3.63, 3.8) is 0 Å². The Hall–Kier alpha value is -4.71. The SMILES string of the molecule is Cc1cnn(CC(=O)N(CCC(=O)O)c2ccccc2)c(=O)c1CC(=O)NCc1cc(Cl)ccc1CNC(=O)OC(C)(C)C. The first-order valence-electron chi connectivity index (χ1n) is 13.9. The number of nitrogens with one attached hydrogen (secondary N) is 2. The first-order valence-corrected chi connectivity index (χ1v) is 14.2. The normalized spacial score (nSPS) is 11.0. The summed E-state index contributed by atoms with van der Waals surface area (Å²) in [5, 5.41) is 19.1. The van der Waals surface area contributed by atoms with Gasteiger partial charge in [0.1, 0.15) is 12.1 Å². The summed E-state index contributed by atoms with van der Waals surface area (Å²) in [4.78, 5) is 64.0. The van der Waals surface area contributed by atoms with Gasteiger partial charge >= 0.3 is 12.1 Å². The second-order valence-electron chi connectivity index (χ2n) is 11.0. The fourth-order valence-electron chi connectivity index (χ4n) is 4.20. The van der Waals surface area contributed by atoms with Crippen LogP contribution in [0.4, 0.5) is 10.5 Å². The first kappa shape index (κ1) is 33.8. The molecule has 234 valence electrons. The van der Waals surface area contributed by atoms with Gasteiger partial charge in [0, 0.05) is 35.9 Å². The van der Waals surface area contributed by atoms with Crippen molar-refractivity contribution in [1.29, 1.82) is 0 Å². The highest BCUT2D eigenvalue weighted by molar-refractivity contribution is 6.30. The highest BCUT2D eigenvalue weighted by Crippen LogP contribution is 2.17. The van der Waals surface area contributed by atoms with E-state index in [0.717, 1.165) is 4.68 Å². The number of carboxylic acid groups (broad SMARTS) is 1. The van der Waals surface area contributed by atoms with E-state index < -0.39 is 41.6 Å². The van der Waals surface area contributed by atoms with Crippen LogP contribution in [0.1, 0.15) is 49.4 Å². The van der Waals surface area contributed by atoms with Crippen molar-refractivity contribution >= 4 is 41.2 Å². The summed E-state index contributed by atoms with van der Waals surface area (Å²) in [5.41, 5.74) is 1.25. The number of carbonyl (C=O) groups excluding carboxylic acids is 3. The number of aromatic nitrogens is 2. The molecule has 3 amide bonds. The third-order valence-corrected chi connectivity index (χ3v) is 6.60. The molecule has 1 heterocycles. The predicted molar refractivity (Wildman–Crippen MR) is 164 cm³/mol. The second kappa shape index (κ2) is 15.1. The van der Waals surface area contributed by atoms with Gasteiger partial charge in [-0.2, -0.15) is 5.10 Å². The molecular formula is C31H36ClN5O7. The van der Waals surface area contributed by atoms with Crippen LogP contribution in [-0.4, -0.2) is 50.9 Å². The average Bonchev–Trinajstić information content (AvgIpc) is 2.94. The lowest BCUT2D eigenvalue weighted by Crippen LogP contribution is -2.40. The molecule has 0 aliphatic heterocycles. The molecular weight excluding hydrogens is 590 g/mol. The van der Waals surface area contributed by atoms with E-state index in [2.05, 4.69) is 15.7 Å². The molecule has 3 rings (SSSR count). The van der Waals surface area contributed by atoms with Crippen LogP contribution in [0.5, 0.6) is 0 Å². The zero-order valence-electron chi connectivity index (χ0n) is 25.1. The minimum atomic E-state index is -1.07. The number of para-hydroxylation sites is 1. The highest BCUT2D eigenvalue weighted by atomic mass is 35.5. The molecule has 0 aliphatic rings. The molecule has 1 aromatic heterocycles. The third kappa shape index (κ3) is 10.2. The van der Waals surface area contributed by atoms with Gasteiger partial charge in [-0.3, -0.25) is 19.2 Å². The number of hydrogen-bond donors (Lipinski definition) is 3. The smallest absolute Gasteiger partial charge is 0.407 e. The van der Waals surface area contributed by atoms with Crippen molar-refractivity contribution in [2.45, 2.75) is 65.8 Å². The molecule has 0 saturated heterocycles. The molecule has 3 aromatic rings. The Bertz CT molecular complexity index is 1570. The van der Waals surface area contributed by atoms with Crippen molar-refractivity contribution in [2.75, 3.05) is 11.4 Å². The van der Waals surface area contributed by atoms with Gasteiger partial charge in [0.25, 0.3) is 5.56 Å². The van der Waals surface area contributed by atoms with E-state index in [1.165, 1.54) is 11.1 Å². The first-order chi connectivity index (χ1) is 20.7. The summed E-state index contributed by atoms with van der Waals surface area (Å²) in [5.74, 6) is -2.05. The molecule has 0 spiro atoms. The van der Waals surface area contributed by atoms with Crippen LogP contribution >= 0.6 is 11.6 Å². The maximum Gasteiger partial charge on any atom is 0.407 e. The van der Waals surface area contributed by atoms with Crippen LogP contribution in [0.3, 0.4) is 0 Å². The number of benzene rings is 2. The number of anilines is 1. The van der Waals surface area contributed by atoms with Crippen molar-refractivity contribution in [1.82, 2.24) is 20.4 Å². The van der Waals surface area contributed by atoms with E-state index in [1.54, 1.807) is 76.2 Å². The van der Waals surface area contributed by atoms with Gasteiger partial charge < -0.3 is 25.4 Å². The van der Waals surface area contributed by atoms with Gasteiger partial charge in [-0.25, -0.2) is 9.48 Å². The largest absolute Gasteiger partial charge is 0.481 e. The number of alkyl carbamates (subject to hydrolysis) is 1. The van der Waals surface area contributed by atoms with Crippen molar-refractivity contribution in [2.24, 2.45) is 0 Å². The number of rotatable bonds is 12. The number of nitrogens with zero attached hydrogens (tertiary/aromatic N) is 3. The minimum Gasteiger partial charge on any atom is -0.481 e. The monoisotopic (exact) mass is 625 g/mol. The minimum absolute atomic E-state index is 0.0805. The summed E-state index contributed by atoms with van der Waals surface area (Å²) in [7, 11) is 0. The maximum absolute atomic E-state index is 13.3. The molecule has 12 nitrogen and oxygen atoms in total. The van der Waals surface area contributed by atoms with Crippen LogP contribution in [0, 0.1) is 6.92 Å². The summed E-state index contributed by atoms with van der Waals surface area (Å²) in [6, 6.07) is 13.6. The van der Waals surface area contributed by atoms with Gasteiger partial charge in [-0.15, -0.1) is 0 Å². The average molecular weight is 626 g/mol. The molecule has 2 aromatic carbocycles. The summed E-state index contributed by atoms with van der Waals surface area (Å²) >= 11 is 6.17. The Morgan fingerprint density at radius 2 is 1.70 bits per heavy atom. The van der Waals surface area contributed by atoms with Crippen LogP contribution in [0.2, 0.25) is 5.02 Å². The quantitative estimate of drug-likeness (QED) is 0.275. The Morgan fingerprint density at radius 1 is 1.02 bits per heavy atom. The van der Waals surface area contributed by atoms with E-state index in [-0.39, 0.29) is 38.0 Å². The topological polar surface area (TPSA) is 160 Å². The van der Waals surface area contributed by atoms with E-state index in [4.69, 9.17) is 21.4 Å². The number of aryl methyl sites for hydroxylation is 1. The number of carbonyl (C=O) groups is 4. The summed E-state index contributed by atoms with van der Waals surface area (Å²) in [6.45, 7) is 6.61. The zero-order chi connectivity index (χ0) is 32.4. The molecule has 0 radical (unpaired) electrons. The zero-order valence-corrected chi connectivity index (χ0v) is 25.8. The van der Waals surface area contributed by atoms with Crippen molar-refractivity contribution in [3.05, 3.63) is 92.4 Å². The lowest BCUT2D eigenvalue weighted by Gasteiger charge is -2.22. The third-order valence-electron chi connectivity index (χ3n) is 6.37. The highest BCUT2D eigenvalue weighted by Gasteiger charge is 2.21. The van der Waals surface area contributed by atoms with E-state index in [9.17, 15) is 24.0 Å². The number of ether oxygens (including phenoxy) is 1. The van der Waals surface area contributed by atoms with Gasteiger partial charge in [-0.1, -0.05) is 35.9 Å². The molecule has 0 atom stereocenters. The number of amides is 3. The Morgan fingerprint density at radius 3 is 2.36 bits per heavy atom. The fourth-order valence-corrected chi connectivity index (χ4v) is 4.39. The summed E-state index contributed by atoms with van der Waals surface area (Å²) < 4.78 is 6.24. The van der Waals surface area contributed by atoms with Gasteiger partial charge in [0.15, 0.2) is 0 Å². The summed E-state index contributed by atoms with van der Waals surface area (Å²) in [6.07, 6.45) is 0.264. The molecule has 44 heavy (non-hydrogen) atoms. The number of carboxylic acids is 1. The standard InChI is InChI=1S/C31H36ClN5O7/c1-20-16-35-37(19-27(39)36(13-12-28(40)41)24-8-6-5-7-9-24)29(42)25(20)15-26(38)33-18-22-14-23(32)11-10-21(22)17-34-30(43)44-31(2,3)4/h5-11,14,16H,12-13,15,17-19H2,1-4H3,(H,33,38)(H,34,43)(H,40,41). The number of aliphatic carboxylic acids is 1. The van der Waals surface area contributed by atoms with Crippen molar-refractivity contribution < 1.29 is 29.0 Å². The Labute approximate surface area is 260 Å². The molecule has 0 unspecified atom stereocenters. The van der Waals surface area contributed by atoms with Crippen LogP contribution in [0.15, 0.2) is 59.5 Å². The van der Waals surface area contributed by atoms with Gasteiger partial charge in [0.2, 0.25) is 11.8 Å². The number of halogens is 1. The predicted octanol–water partition coefficient (Wildman–Crippen LogP) is 3.60. The van der Waals surface area contributed by atoms with E-state index >= 15 is 0 Å². The molecule has 3 N–H and O–H groups in total.